The minimum absolute atomic E-state index is 0.0810. The number of methoxy groups -OCH3 is 1. The van der Waals surface area contributed by atoms with Crippen LogP contribution in [0.3, 0.4) is 0 Å². The van der Waals surface area contributed by atoms with Crippen LogP contribution in [-0.2, 0) is 4.79 Å². The third kappa shape index (κ3) is 2.76. The van der Waals surface area contributed by atoms with Gasteiger partial charge in [0.1, 0.15) is 5.75 Å². The van der Waals surface area contributed by atoms with E-state index in [2.05, 4.69) is 15.6 Å². The van der Waals surface area contributed by atoms with Crippen LogP contribution in [0.4, 0.5) is 5.13 Å². The largest absolute Gasteiger partial charge is 0.497 e. The minimum atomic E-state index is 0.0810. The molecule has 6 heteroatoms. The second-order valence-corrected chi connectivity index (χ2v) is 5.90. The lowest BCUT2D eigenvalue weighted by Crippen LogP contribution is -2.34. The van der Waals surface area contributed by atoms with Crippen LogP contribution in [-0.4, -0.2) is 31.1 Å². The molecule has 2 N–H and O–H groups in total. The average molecular weight is 291 g/mol. The number of amides is 1. The number of piperidine rings is 1. The fourth-order valence-electron chi connectivity index (χ4n) is 2.38. The molecule has 5 nitrogen and oxygen atoms in total. The molecule has 1 aliphatic heterocycles. The lowest BCUT2D eigenvalue weighted by molar-refractivity contribution is -0.120. The van der Waals surface area contributed by atoms with E-state index in [9.17, 15) is 4.79 Å². The molecule has 1 saturated heterocycles. The number of aromatic nitrogens is 1. The van der Waals surface area contributed by atoms with E-state index in [1.165, 1.54) is 11.3 Å². The number of anilines is 1. The highest BCUT2D eigenvalue weighted by Crippen LogP contribution is 2.29. The van der Waals surface area contributed by atoms with E-state index in [4.69, 9.17) is 4.74 Å². The Morgan fingerprint density at radius 2 is 2.25 bits per heavy atom. The highest BCUT2D eigenvalue weighted by atomic mass is 32.1. The molecule has 2 heterocycles. The predicted molar refractivity (Wildman–Crippen MR) is 80.4 cm³/mol. The predicted octanol–water partition coefficient (Wildman–Crippen LogP) is 2.24. The third-order valence-electron chi connectivity index (χ3n) is 3.54. The smallest absolute Gasteiger partial charge is 0.229 e. The lowest BCUT2D eigenvalue weighted by Gasteiger charge is -2.20. The van der Waals surface area contributed by atoms with Crippen LogP contribution in [0.15, 0.2) is 18.2 Å². The number of hydrogen-bond acceptors (Lipinski definition) is 5. The Kier molecular flexibility index (Phi) is 3.84. The van der Waals surface area contributed by atoms with Crippen molar-refractivity contribution in [2.75, 3.05) is 25.5 Å². The van der Waals surface area contributed by atoms with Gasteiger partial charge in [0.05, 0.1) is 17.3 Å². The van der Waals surface area contributed by atoms with Gasteiger partial charge in [-0.15, -0.1) is 0 Å². The molecular formula is C14H17N3O2S. The maximum absolute atomic E-state index is 12.2. The SMILES string of the molecule is COc1ccc2nc(NC(=O)C3CCNCC3)sc2c1. The van der Waals surface area contributed by atoms with Crippen molar-refractivity contribution < 1.29 is 9.53 Å². The third-order valence-corrected chi connectivity index (χ3v) is 4.47. The molecule has 1 amide bonds. The van der Waals surface area contributed by atoms with Gasteiger partial charge in [0.15, 0.2) is 5.13 Å². The zero-order chi connectivity index (χ0) is 13.9. The number of carbonyl (C=O) groups is 1. The first kappa shape index (κ1) is 13.3. The number of benzene rings is 1. The summed E-state index contributed by atoms with van der Waals surface area (Å²) in [4.78, 5) is 16.6. The van der Waals surface area contributed by atoms with E-state index >= 15 is 0 Å². The standard InChI is InChI=1S/C14H17N3O2S/c1-19-10-2-3-11-12(8-10)20-14(16-11)17-13(18)9-4-6-15-7-5-9/h2-3,8-9,15H,4-7H2,1H3,(H,16,17,18). The molecule has 0 spiro atoms. The molecule has 1 aromatic carbocycles. The zero-order valence-electron chi connectivity index (χ0n) is 11.3. The van der Waals surface area contributed by atoms with Gasteiger partial charge in [0, 0.05) is 5.92 Å². The van der Waals surface area contributed by atoms with E-state index in [1.807, 2.05) is 18.2 Å². The molecular weight excluding hydrogens is 274 g/mol. The Labute approximate surface area is 121 Å². The van der Waals surface area contributed by atoms with Crippen LogP contribution in [0.1, 0.15) is 12.8 Å². The Hall–Kier alpha value is -1.66. The first-order chi connectivity index (χ1) is 9.76. The summed E-state index contributed by atoms with van der Waals surface area (Å²) in [7, 11) is 1.64. The Balaban J connectivity index is 1.75. The van der Waals surface area contributed by atoms with Gasteiger partial charge >= 0.3 is 0 Å². The van der Waals surface area contributed by atoms with Gasteiger partial charge in [-0.25, -0.2) is 4.98 Å². The fourth-order valence-corrected chi connectivity index (χ4v) is 3.27. The second-order valence-electron chi connectivity index (χ2n) is 4.87. The molecule has 1 aliphatic rings. The van der Waals surface area contributed by atoms with Crippen LogP contribution in [0.25, 0.3) is 10.2 Å². The van der Waals surface area contributed by atoms with Gasteiger partial charge in [-0.3, -0.25) is 4.79 Å². The fraction of sp³-hybridized carbons (Fsp3) is 0.429. The monoisotopic (exact) mass is 291 g/mol. The quantitative estimate of drug-likeness (QED) is 0.910. The topological polar surface area (TPSA) is 63.2 Å². The van der Waals surface area contributed by atoms with Gasteiger partial charge in [0.2, 0.25) is 5.91 Å². The van der Waals surface area contributed by atoms with Gasteiger partial charge in [-0.05, 0) is 44.1 Å². The van der Waals surface area contributed by atoms with E-state index < -0.39 is 0 Å². The summed E-state index contributed by atoms with van der Waals surface area (Å²) in [6.07, 6.45) is 1.79. The van der Waals surface area contributed by atoms with Gasteiger partial charge in [-0.1, -0.05) is 11.3 Å². The van der Waals surface area contributed by atoms with Gasteiger partial charge in [-0.2, -0.15) is 0 Å². The van der Waals surface area contributed by atoms with Gasteiger partial charge in [0.25, 0.3) is 0 Å². The van der Waals surface area contributed by atoms with Gasteiger partial charge < -0.3 is 15.4 Å². The van der Waals surface area contributed by atoms with Crippen molar-refractivity contribution in [1.82, 2.24) is 10.3 Å². The molecule has 3 rings (SSSR count). The number of nitrogens with zero attached hydrogens (tertiary/aromatic N) is 1. The summed E-state index contributed by atoms with van der Waals surface area (Å²) in [6.45, 7) is 1.82. The van der Waals surface area contributed by atoms with Crippen molar-refractivity contribution in [2.45, 2.75) is 12.8 Å². The first-order valence-corrected chi connectivity index (χ1v) is 7.54. The molecule has 0 bridgehead atoms. The molecule has 0 aliphatic carbocycles. The van der Waals surface area contributed by atoms with Crippen LogP contribution < -0.4 is 15.4 Å². The number of thiazole rings is 1. The summed E-state index contributed by atoms with van der Waals surface area (Å²) in [5, 5.41) is 6.86. The summed E-state index contributed by atoms with van der Waals surface area (Å²) in [6, 6.07) is 5.72. The second kappa shape index (κ2) is 5.76. The van der Waals surface area contributed by atoms with Crippen LogP contribution in [0.2, 0.25) is 0 Å². The average Bonchev–Trinajstić information content (AvgIpc) is 2.89. The maximum Gasteiger partial charge on any atom is 0.229 e. The molecule has 1 aromatic heterocycles. The Morgan fingerprint density at radius 1 is 1.45 bits per heavy atom. The number of fused-ring (bicyclic) bond motifs is 1. The maximum atomic E-state index is 12.2. The minimum Gasteiger partial charge on any atom is -0.497 e. The highest BCUT2D eigenvalue weighted by molar-refractivity contribution is 7.22. The number of rotatable bonds is 3. The molecule has 0 radical (unpaired) electrons. The van der Waals surface area contributed by atoms with E-state index in [0.717, 1.165) is 41.9 Å². The van der Waals surface area contributed by atoms with Crippen LogP contribution in [0, 0.1) is 5.92 Å². The van der Waals surface area contributed by atoms with E-state index in [-0.39, 0.29) is 11.8 Å². The van der Waals surface area contributed by atoms with Crippen molar-refractivity contribution in [3.8, 4) is 5.75 Å². The number of ether oxygens (including phenoxy) is 1. The Morgan fingerprint density at radius 3 is 3.00 bits per heavy atom. The summed E-state index contributed by atoms with van der Waals surface area (Å²) >= 11 is 1.48. The van der Waals surface area contributed by atoms with Crippen molar-refractivity contribution >= 4 is 32.6 Å². The van der Waals surface area contributed by atoms with E-state index in [0.29, 0.717) is 5.13 Å². The van der Waals surface area contributed by atoms with E-state index in [1.54, 1.807) is 7.11 Å². The lowest BCUT2D eigenvalue weighted by atomic mass is 9.97. The summed E-state index contributed by atoms with van der Waals surface area (Å²) < 4.78 is 6.21. The number of carbonyl (C=O) groups excluding carboxylic acids is 1. The number of hydrogen-bond donors (Lipinski definition) is 2. The zero-order valence-corrected chi connectivity index (χ0v) is 12.1. The summed E-state index contributed by atoms with van der Waals surface area (Å²) in [5.41, 5.74) is 0.886. The first-order valence-electron chi connectivity index (χ1n) is 6.72. The molecule has 0 atom stereocenters. The van der Waals surface area contributed by atoms with Crippen molar-refractivity contribution in [1.29, 1.82) is 0 Å². The molecule has 106 valence electrons. The Bertz CT molecular complexity index is 620. The van der Waals surface area contributed by atoms with Crippen molar-refractivity contribution in [3.63, 3.8) is 0 Å². The molecule has 2 aromatic rings. The molecule has 20 heavy (non-hydrogen) atoms. The highest BCUT2D eigenvalue weighted by Gasteiger charge is 2.21. The van der Waals surface area contributed by atoms with Crippen molar-refractivity contribution in [3.05, 3.63) is 18.2 Å². The van der Waals surface area contributed by atoms with Crippen LogP contribution >= 0.6 is 11.3 Å². The molecule has 0 unspecified atom stereocenters. The molecule has 0 saturated carbocycles. The summed E-state index contributed by atoms with van der Waals surface area (Å²) in [5.74, 6) is 0.979. The normalized spacial score (nSPS) is 16.2. The van der Waals surface area contributed by atoms with Crippen molar-refractivity contribution in [2.24, 2.45) is 5.92 Å². The molecule has 1 fully saturated rings. The van der Waals surface area contributed by atoms with Crippen LogP contribution in [0.5, 0.6) is 5.75 Å². The number of nitrogens with one attached hydrogen (secondary N) is 2.